The van der Waals surface area contributed by atoms with E-state index in [1.54, 1.807) is 0 Å². The van der Waals surface area contributed by atoms with Crippen LogP contribution in [0.15, 0.2) is 413 Å². The highest BCUT2D eigenvalue weighted by Gasteiger charge is 2.20. The zero-order valence-corrected chi connectivity index (χ0v) is 57.3. The van der Waals surface area contributed by atoms with Crippen LogP contribution in [0.1, 0.15) is 0 Å². The lowest BCUT2D eigenvalue weighted by molar-refractivity contribution is 1.63. The van der Waals surface area contributed by atoms with Crippen LogP contribution in [0.4, 0.5) is 0 Å². The number of rotatable bonds is 10. The maximum atomic E-state index is 2.34. The summed E-state index contributed by atoms with van der Waals surface area (Å²) in [5, 5.41) is 20.2. The normalized spacial score (nSPS) is 11.5. The van der Waals surface area contributed by atoms with E-state index >= 15 is 0 Å². The minimum Gasteiger partial charge on any atom is -0.0622 e. The van der Waals surface area contributed by atoms with E-state index in [-0.39, 0.29) is 0 Å². The Hall–Kier alpha value is -13.5. The molecule has 0 N–H and O–H groups in total. The first-order valence-corrected chi connectivity index (χ1v) is 36.0. The summed E-state index contributed by atoms with van der Waals surface area (Å²) in [6.45, 7) is 0. The molecule has 0 amide bonds. The average molecular weight is 1320 g/mol. The highest BCUT2D eigenvalue weighted by molar-refractivity contribution is 6.18. The summed E-state index contributed by atoms with van der Waals surface area (Å²) in [7, 11) is 0. The van der Waals surface area contributed by atoms with Gasteiger partial charge < -0.3 is 0 Å². The van der Waals surface area contributed by atoms with Gasteiger partial charge in [0.1, 0.15) is 0 Å². The third-order valence-corrected chi connectivity index (χ3v) is 21.4. The summed E-state index contributed by atoms with van der Waals surface area (Å²) in [5.74, 6) is 0. The summed E-state index contributed by atoms with van der Waals surface area (Å²) in [5.41, 5.74) is 25.0. The van der Waals surface area contributed by atoms with Gasteiger partial charge in [0.05, 0.1) is 0 Å². The Balaban J connectivity index is 0.000000143. The van der Waals surface area contributed by atoms with Crippen molar-refractivity contribution in [2.75, 3.05) is 0 Å². The third kappa shape index (κ3) is 11.0. The molecule has 0 saturated heterocycles. The van der Waals surface area contributed by atoms with Crippen molar-refractivity contribution in [1.29, 1.82) is 0 Å². The van der Waals surface area contributed by atoms with E-state index in [9.17, 15) is 0 Å². The molecule has 0 radical (unpaired) electrons. The quantitative estimate of drug-likeness (QED) is 0.128. The van der Waals surface area contributed by atoms with Gasteiger partial charge in [-0.1, -0.05) is 400 Å². The van der Waals surface area contributed by atoms with E-state index in [1.165, 1.54) is 197 Å². The molecular formula is C104H68. The van der Waals surface area contributed by atoms with E-state index in [2.05, 4.69) is 413 Å². The van der Waals surface area contributed by atoms with Gasteiger partial charge in [0.25, 0.3) is 0 Å². The Kier molecular flexibility index (Phi) is 15.7. The largest absolute Gasteiger partial charge is 0.0622 e. The Morgan fingerprint density at radius 2 is 0.260 bits per heavy atom. The molecule has 0 aliphatic rings. The molecule has 0 heterocycles. The fourth-order valence-corrected chi connectivity index (χ4v) is 16.5. The van der Waals surface area contributed by atoms with Crippen molar-refractivity contribution in [3.63, 3.8) is 0 Å². The van der Waals surface area contributed by atoms with Crippen molar-refractivity contribution in [3.05, 3.63) is 413 Å². The second-order valence-electron chi connectivity index (χ2n) is 27.2. The maximum Gasteiger partial charge on any atom is -0.00987 e. The molecule has 484 valence electrons. The summed E-state index contributed by atoms with van der Waals surface area (Å²) in [4.78, 5) is 0. The van der Waals surface area contributed by atoms with Gasteiger partial charge in [-0.15, -0.1) is 0 Å². The number of hydrogen-bond donors (Lipinski definition) is 0. The lowest BCUT2D eigenvalue weighted by atomic mass is 9.86. The monoisotopic (exact) mass is 1320 g/mol. The molecule has 0 aliphatic heterocycles. The molecule has 0 bridgehead atoms. The van der Waals surface area contributed by atoms with Crippen molar-refractivity contribution in [2.45, 2.75) is 0 Å². The predicted molar refractivity (Wildman–Crippen MR) is 447 cm³/mol. The second kappa shape index (κ2) is 26.5. The van der Waals surface area contributed by atoms with Gasteiger partial charge in [-0.25, -0.2) is 0 Å². The molecular weight excluding hydrogens is 1250 g/mol. The van der Waals surface area contributed by atoms with Crippen molar-refractivity contribution >= 4 is 86.2 Å². The fourth-order valence-electron chi connectivity index (χ4n) is 16.5. The van der Waals surface area contributed by atoms with Crippen LogP contribution in [0.25, 0.3) is 197 Å². The molecule has 0 aromatic heterocycles. The molecule has 20 aromatic carbocycles. The summed E-state index contributed by atoms with van der Waals surface area (Å²) in [6, 6.07) is 151. The molecule has 20 aromatic rings. The van der Waals surface area contributed by atoms with Crippen molar-refractivity contribution in [3.8, 4) is 111 Å². The fraction of sp³-hybridized carbons (Fsp3) is 0. The van der Waals surface area contributed by atoms with Gasteiger partial charge in [-0.05, 0) is 210 Å². The van der Waals surface area contributed by atoms with Crippen LogP contribution in [0.3, 0.4) is 0 Å². The van der Waals surface area contributed by atoms with E-state index < -0.39 is 0 Å². The Morgan fingerprint density at radius 3 is 0.519 bits per heavy atom. The Labute approximate surface area is 606 Å². The molecule has 0 spiro atoms. The van der Waals surface area contributed by atoms with Gasteiger partial charge in [0.2, 0.25) is 0 Å². The van der Waals surface area contributed by atoms with Crippen LogP contribution in [-0.4, -0.2) is 0 Å². The van der Waals surface area contributed by atoms with Gasteiger partial charge in [0, 0.05) is 0 Å². The standard InChI is InChI=1S/2C52H34/c1-3-13-35(14-4-1)37-25-26-39-34-40(28-27-38(39)33-37)42-30-32-52(46-20-10-8-18-44(42)46)50-24-12-21-47-48(50)22-11-23-49(47)51-31-29-41(36-15-5-2-6-16-36)43-17-7-9-19-45(43)51;1-3-15-35(16-4-1)37-29-31-49(41-21-9-7-19-39(37)41)47-27-13-26-46-45(47)25-14-28-48(46)50-33-34-52(44-24-12-11-23-43(44)50)51-32-30-38(36-17-5-2-6-18-36)40-20-8-10-22-42(40)51/h2*1-34H. The zero-order valence-electron chi connectivity index (χ0n) is 57.3. The summed E-state index contributed by atoms with van der Waals surface area (Å²) < 4.78 is 0. The molecule has 0 nitrogen and oxygen atoms in total. The Bertz CT molecular complexity index is 6530. The molecule has 0 saturated carbocycles. The molecule has 0 heteroatoms. The number of hydrogen-bond acceptors (Lipinski definition) is 0. The van der Waals surface area contributed by atoms with Crippen LogP contribution in [0.5, 0.6) is 0 Å². The second-order valence-corrected chi connectivity index (χ2v) is 27.2. The highest BCUT2D eigenvalue weighted by atomic mass is 14.2. The first-order chi connectivity index (χ1) is 51.6. The van der Waals surface area contributed by atoms with Gasteiger partial charge in [-0.3, -0.25) is 0 Å². The number of benzene rings is 20. The lowest BCUT2D eigenvalue weighted by Gasteiger charge is -2.18. The van der Waals surface area contributed by atoms with Crippen LogP contribution < -0.4 is 0 Å². The van der Waals surface area contributed by atoms with E-state index in [0.717, 1.165) is 0 Å². The first kappa shape index (κ1) is 61.6. The third-order valence-electron chi connectivity index (χ3n) is 21.4. The highest BCUT2D eigenvalue weighted by Crippen LogP contribution is 2.47. The van der Waals surface area contributed by atoms with Crippen molar-refractivity contribution in [2.24, 2.45) is 0 Å². The number of fused-ring (bicyclic) bond motifs is 8. The zero-order chi connectivity index (χ0) is 68.9. The summed E-state index contributed by atoms with van der Waals surface area (Å²) in [6.07, 6.45) is 0. The average Bonchev–Trinajstić information content (AvgIpc) is 0.751. The predicted octanol–water partition coefficient (Wildman–Crippen LogP) is 29.3. The van der Waals surface area contributed by atoms with Crippen molar-refractivity contribution < 1.29 is 0 Å². The molecule has 0 aliphatic carbocycles. The topological polar surface area (TPSA) is 0 Å². The van der Waals surface area contributed by atoms with Gasteiger partial charge >= 0.3 is 0 Å². The van der Waals surface area contributed by atoms with Crippen LogP contribution in [0.2, 0.25) is 0 Å². The molecule has 20 rings (SSSR count). The van der Waals surface area contributed by atoms with E-state index in [4.69, 9.17) is 0 Å². The van der Waals surface area contributed by atoms with Gasteiger partial charge in [-0.2, -0.15) is 0 Å². The van der Waals surface area contributed by atoms with Gasteiger partial charge in [0.15, 0.2) is 0 Å². The first-order valence-electron chi connectivity index (χ1n) is 36.0. The Morgan fingerprint density at radius 1 is 0.0865 bits per heavy atom. The lowest BCUT2D eigenvalue weighted by Crippen LogP contribution is -1.91. The molecule has 104 heavy (non-hydrogen) atoms. The summed E-state index contributed by atoms with van der Waals surface area (Å²) >= 11 is 0. The van der Waals surface area contributed by atoms with E-state index in [1.807, 2.05) is 0 Å². The molecule has 0 unspecified atom stereocenters. The minimum atomic E-state index is 1.23. The van der Waals surface area contributed by atoms with Crippen LogP contribution >= 0.6 is 0 Å². The minimum absolute atomic E-state index is 1.23. The smallest absolute Gasteiger partial charge is 0.00987 e. The van der Waals surface area contributed by atoms with Crippen LogP contribution in [-0.2, 0) is 0 Å². The van der Waals surface area contributed by atoms with Crippen molar-refractivity contribution in [1.82, 2.24) is 0 Å². The molecule has 0 atom stereocenters. The van der Waals surface area contributed by atoms with Crippen LogP contribution in [0, 0.1) is 0 Å². The molecule has 0 fully saturated rings. The SMILES string of the molecule is c1ccc(-c2ccc(-c3cccc4c(-c5ccc(-c6ccc(-c7ccccc7)c7ccccc67)c6ccccc56)cccc34)c3ccccc23)cc1.c1ccc(-c2ccc3cc(-c4ccc(-c5cccc6c(-c7ccc(-c8ccccc8)c8ccccc78)cccc56)c5ccccc45)ccc3c2)cc1. The maximum absolute atomic E-state index is 2.34. The van der Waals surface area contributed by atoms with E-state index in [0.29, 0.717) is 0 Å².